The van der Waals surface area contributed by atoms with Crippen molar-refractivity contribution >= 4 is 15.9 Å². The highest BCUT2D eigenvalue weighted by atomic mass is 32.2. The second kappa shape index (κ2) is 8.89. The normalized spacial score (nSPS) is 11.6. The van der Waals surface area contributed by atoms with E-state index in [1.165, 1.54) is 39.5 Å². The van der Waals surface area contributed by atoms with Gasteiger partial charge >= 0.3 is 0 Å². The van der Waals surface area contributed by atoms with E-state index in [1.54, 1.807) is 0 Å². The molecule has 0 fully saturated rings. The molecule has 1 rings (SSSR count). The van der Waals surface area contributed by atoms with E-state index in [-0.39, 0.29) is 17.3 Å². The first-order valence-electron chi connectivity index (χ1n) is 7.67. The summed E-state index contributed by atoms with van der Waals surface area (Å²) in [4.78, 5) is 11.9. The van der Waals surface area contributed by atoms with Crippen molar-refractivity contribution in [3.63, 3.8) is 0 Å². The van der Waals surface area contributed by atoms with Crippen LogP contribution in [0.5, 0.6) is 11.5 Å². The highest BCUT2D eigenvalue weighted by Gasteiger charge is 2.24. The summed E-state index contributed by atoms with van der Waals surface area (Å²) >= 11 is 0. The summed E-state index contributed by atoms with van der Waals surface area (Å²) < 4.78 is 36.4. The van der Waals surface area contributed by atoms with Gasteiger partial charge in [-0.25, -0.2) is 8.42 Å². The zero-order chi connectivity index (χ0) is 18.3. The van der Waals surface area contributed by atoms with Gasteiger partial charge in [0.1, 0.15) is 0 Å². The van der Waals surface area contributed by atoms with E-state index < -0.39 is 10.0 Å². The number of hydrogen-bond donors (Lipinski definition) is 1. The first kappa shape index (κ1) is 20.2. The van der Waals surface area contributed by atoms with Crippen molar-refractivity contribution in [2.45, 2.75) is 25.2 Å². The van der Waals surface area contributed by atoms with Gasteiger partial charge in [-0.3, -0.25) is 4.79 Å². The highest BCUT2D eigenvalue weighted by molar-refractivity contribution is 7.89. The van der Waals surface area contributed by atoms with Crippen LogP contribution in [-0.4, -0.2) is 53.0 Å². The minimum atomic E-state index is -3.80. The number of carbonyl (C=O) groups is 1. The lowest BCUT2D eigenvalue weighted by Crippen LogP contribution is -2.38. The van der Waals surface area contributed by atoms with E-state index in [0.717, 1.165) is 10.7 Å². The lowest BCUT2D eigenvalue weighted by molar-refractivity contribution is -0.121. The van der Waals surface area contributed by atoms with Gasteiger partial charge in [-0.2, -0.15) is 4.31 Å². The molecule has 0 saturated heterocycles. The van der Waals surface area contributed by atoms with Crippen molar-refractivity contribution in [2.24, 2.45) is 5.92 Å². The molecule has 0 aromatic heterocycles. The minimum absolute atomic E-state index is 0.0395. The van der Waals surface area contributed by atoms with Gasteiger partial charge in [0.2, 0.25) is 15.9 Å². The molecule has 1 N–H and O–H groups in total. The largest absolute Gasteiger partial charge is 0.493 e. The van der Waals surface area contributed by atoms with Crippen LogP contribution in [0.1, 0.15) is 20.3 Å². The van der Waals surface area contributed by atoms with Crippen molar-refractivity contribution < 1.29 is 22.7 Å². The van der Waals surface area contributed by atoms with Gasteiger partial charge in [0.15, 0.2) is 11.5 Å². The number of sulfonamides is 1. The third-order valence-corrected chi connectivity index (χ3v) is 5.27. The van der Waals surface area contributed by atoms with Crippen LogP contribution < -0.4 is 14.8 Å². The summed E-state index contributed by atoms with van der Waals surface area (Å²) in [5.74, 6) is 0.889. The molecule has 7 nitrogen and oxygen atoms in total. The van der Waals surface area contributed by atoms with Crippen molar-refractivity contribution in [2.75, 3.05) is 34.4 Å². The summed E-state index contributed by atoms with van der Waals surface area (Å²) in [5.41, 5.74) is 0. The third kappa shape index (κ3) is 5.38. The first-order valence-corrected chi connectivity index (χ1v) is 9.11. The van der Waals surface area contributed by atoms with Crippen LogP contribution in [0.2, 0.25) is 0 Å². The molecule has 0 radical (unpaired) electrons. The number of hydrogen-bond acceptors (Lipinski definition) is 5. The van der Waals surface area contributed by atoms with Gasteiger partial charge in [-0.1, -0.05) is 13.8 Å². The van der Waals surface area contributed by atoms with Gasteiger partial charge in [-0.15, -0.1) is 0 Å². The second-order valence-corrected chi connectivity index (χ2v) is 7.86. The first-order chi connectivity index (χ1) is 11.2. The van der Waals surface area contributed by atoms with Gasteiger partial charge in [0, 0.05) is 19.7 Å². The molecule has 1 aromatic rings. The maximum atomic E-state index is 12.6. The lowest BCUT2D eigenvalue weighted by Gasteiger charge is -2.18. The standard InChI is InChI=1S/C16H26N2O5S/c1-12(2)8-9-17-16(19)11-18(3)24(20,21)13-6-7-14(22-4)15(10-13)23-5/h6-7,10,12H,8-9,11H2,1-5H3,(H,17,19). The zero-order valence-electron chi connectivity index (χ0n) is 14.8. The quantitative estimate of drug-likeness (QED) is 0.723. The Morgan fingerprint density at radius 1 is 1.21 bits per heavy atom. The number of rotatable bonds is 9. The Labute approximate surface area is 144 Å². The average Bonchev–Trinajstić information content (AvgIpc) is 2.53. The van der Waals surface area contributed by atoms with E-state index in [2.05, 4.69) is 19.2 Å². The van der Waals surface area contributed by atoms with Gasteiger partial charge < -0.3 is 14.8 Å². The number of nitrogens with zero attached hydrogens (tertiary/aromatic N) is 1. The van der Waals surface area contributed by atoms with Gasteiger partial charge in [0.25, 0.3) is 0 Å². The molecule has 1 aromatic carbocycles. The van der Waals surface area contributed by atoms with Crippen molar-refractivity contribution in [1.29, 1.82) is 0 Å². The molecule has 8 heteroatoms. The van der Waals surface area contributed by atoms with Crippen molar-refractivity contribution in [3.8, 4) is 11.5 Å². The Kier molecular flexibility index (Phi) is 7.50. The Hall–Kier alpha value is -1.80. The van der Waals surface area contributed by atoms with Gasteiger partial charge in [-0.05, 0) is 24.5 Å². The van der Waals surface area contributed by atoms with Gasteiger partial charge in [0.05, 0.1) is 25.7 Å². The molecule has 0 heterocycles. The van der Waals surface area contributed by atoms with Crippen molar-refractivity contribution in [1.82, 2.24) is 9.62 Å². The number of ether oxygens (including phenoxy) is 2. The van der Waals surface area contributed by atoms with Crippen LogP contribution in [-0.2, 0) is 14.8 Å². The Balaban J connectivity index is 2.82. The number of benzene rings is 1. The number of carbonyl (C=O) groups excluding carboxylic acids is 1. The fraction of sp³-hybridized carbons (Fsp3) is 0.562. The van der Waals surface area contributed by atoms with Crippen molar-refractivity contribution in [3.05, 3.63) is 18.2 Å². The van der Waals surface area contributed by atoms with Crippen LogP contribution in [0, 0.1) is 5.92 Å². The lowest BCUT2D eigenvalue weighted by atomic mass is 10.1. The number of amides is 1. The highest BCUT2D eigenvalue weighted by Crippen LogP contribution is 2.30. The fourth-order valence-electron chi connectivity index (χ4n) is 2.00. The van der Waals surface area contributed by atoms with E-state index in [9.17, 15) is 13.2 Å². The molecule has 0 aliphatic heterocycles. The van der Waals surface area contributed by atoms with E-state index in [4.69, 9.17) is 9.47 Å². The molecule has 1 amide bonds. The number of likely N-dealkylation sites (N-methyl/N-ethyl adjacent to an activating group) is 1. The topological polar surface area (TPSA) is 84.9 Å². The predicted octanol–water partition coefficient (Wildman–Crippen LogP) is 1.49. The zero-order valence-corrected chi connectivity index (χ0v) is 15.6. The van der Waals surface area contributed by atoms with Crippen LogP contribution in [0.15, 0.2) is 23.1 Å². The number of methoxy groups -OCH3 is 2. The number of nitrogens with one attached hydrogen (secondary N) is 1. The molecule has 0 saturated carbocycles. The molecule has 0 aliphatic carbocycles. The Morgan fingerprint density at radius 3 is 2.38 bits per heavy atom. The maximum Gasteiger partial charge on any atom is 0.243 e. The third-order valence-electron chi connectivity index (χ3n) is 3.47. The molecule has 0 bridgehead atoms. The van der Waals surface area contributed by atoms with E-state index >= 15 is 0 Å². The van der Waals surface area contributed by atoms with Crippen LogP contribution in [0.25, 0.3) is 0 Å². The van der Waals surface area contributed by atoms with E-state index in [1.807, 2.05) is 0 Å². The Morgan fingerprint density at radius 2 is 1.83 bits per heavy atom. The summed E-state index contributed by atoms with van der Waals surface area (Å²) in [6.45, 7) is 4.40. The van der Waals surface area contributed by atoms with Crippen LogP contribution in [0.3, 0.4) is 0 Å². The summed E-state index contributed by atoms with van der Waals surface area (Å²) in [5, 5.41) is 2.72. The second-order valence-electron chi connectivity index (χ2n) is 5.81. The molecule has 24 heavy (non-hydrogen) atoms. The monoisotopic (exact) mass is 358 g/mol. The average molecular weight is 358 g/mol. The Bertz CT molecular complexity index is 658. The molecule has 136 valence electrons. The van der Waals surface area contributed by atoms with Crippen LogP contribution in [0.4, 0.5) is 0 Å². The molecular weight excluding hydrogens is 332 g/mol. The fourth-order valence-corrected chi connectivity index (χ4v) is 3.14. The summed E-state index contributed by atoms with van der Waals surface area (Å²) in [6.07, 6.45) is 0.845. The smallest absolute Gasteiger partial charge is 0.243 e. The summed E-state index contributed by atoms with van der Waals surface area (Å²) in [7, 11) is 0.476. The minimum Gasteiger partial charge on any atom is -0.493 e. The molecule has 0 aliphatic rings. The molecule has 0 atom stereocenters. The summed E-state index contributed by atoms with van der Waals surface area (Å²) in [6, 6.07) is 4.31. The molecule has 0 spiro atoms. The van der Waals surface area contributed by atoms with Crippen LogP contribution >= 0.6 is 0 Å². The molecular formula is C16H26N2O5S. The van der Waals surface area contributed by atoms with E-state index in [0.29, 0.717) is 24.0 Å². The predicted molar refractivity (Wildman–Crippen MR) is 91.8 cm³/mol. The SMILES string of the molecule is COc1ccc(S(=O)(=O)N(C)CC(=O)NCCC(C)C)cc1OC. The molecule has 0 unspecified atom stereocenters. The maximum absolute atomic E-state index is 12.6.